The lowest BCUT2D eigenvalue weighted by molar-refractivity contribution is -0.135. The van der Waals surface area contributed by atoms with Crippen LogP contribution in [-0.4, -0.2) is 42.9 Å². The smallest absolute Gasteiger partial charge is 0.239 e. The number of carbonyl (C=O) groups excluding carboxylic acids is 2. The Morgan fingerprint density at radius 2 is 2.00 bits per heavy atom. The first-order valence-corrected chi connectivity index (χ1v) is 5.77. The fourth-order valence-corrected chi connectivity index (χ4v) is 1.15. The summed E-state index contributed by atoms with van der Waals surface area (Å²) in [5.41, 5.74) is 5.67. The molecule has 16 heavy (non-hydrogen) atoms. The molecule has 0 aromatic heterocycles. The van der Waals surface area contributed by atoms with Crippen molar-refractivity contribution in [2.24, 2.45) is 5.73 Å². The van der Waals surface area contributed by atoms with Crippen molar-refractivity contribution in [3.8, 4) is 0 Å². The summed E-state index contributed by atoms with van der Waals surface area (Å²) in [6, 6.07) is -0.117. The molecule has 5 nitrogen and oxygen atoms in total. The highest BCUT2D eigenvalue weighted by molar-refractivity contribution is 5.84. The van der Waals surface area contributed by atoms with Crippen LogP contribution in [-0.2, 0) is 9.59 Å². The maximum Gasteiger partial charge on any atom is 0.239 e. The molecular weight excluding hydrogens is 206 g/mol. The first-order valence-electron chi connectivity index (χ1n) is 5.77. The number of nitrogens with zero attached hydrogens (tertiary/aromatic N) is 1. The molecule has 0 aliphatic rings. The number of amides is 2. The van der Waals surface area contributed by atoms with Gasteiger partial charge in [0.15, 0.2) is 0 Å². The first kappa shape index (κ1) is 14.9. The molecule has 2 amide bonds. The second-order valence-corrected chi connectivity index (χ2v) is 3.97. The van der Waals surface area contributed by atoms with Gasteiger partial charge in [-0.05, 0) is 12.8 Å². The number of hydrogen-bond acceptors (Lipinski definition) is 3. The maximum atomic E-state index is 11.6. The molecule has 1 atom stereocenters. The fourth-order valence-electron chi connectivity index (χ4n) is 1.15. The normalized spacial score (nSPS) is 12.0. The van der Waals surface area contributed by atoms with Gasteiger partial charge in [-0.2, -0.15) is 0 Å². The average Bonchev–Trinajstić information content (AvgIpc) is 2.25. The van der Waals surface area contributed by atoms with E-state index >= 15 is 0 Å². The summed E-state index contributed by atoms with van der Waals surface area (Å²) < 4.78 is 0. The number of carbonyl (C=O) groups is 2. The highest BCUT2D eigenvalue weighted by Crippen LogP contribution is 1.97. The van der Waals surface area contributed by atoms with E-state index in [0.29, 0.717) is 13.0 Å². The number of nitrogens with one attached hydrogen (secondary N) is 1. The Hall–Kier alpha value is -1.10. The summed E-state index contributed by atoms with van der Waals surface area (Å²) in [5.74, 6) is -0.205. The molecule has 0 aliphatic heterocycles. The first-order chi connectivity index (χ1) is 7.51. The summed E-state index contributed by atoms with van der Waals surface area (Å²) in [6.07, 6.45) is 1.96. The Balaban J connectivity index is 3.90. The van der Waals surface area contributed by atoms with Gasteiger partial charge in [0.2, 0.25) is 11.8 Å². The third-order valence-electron chi connectivity index (χ3n) is 2.34. The van der Waals surface area contributed by atoms with Gasteiger partial charge in [-0.15, -0.1) is 0 Å². The minimum atomic E-state index is -0.122. The third-order valence-corrected chi connectivity index (χ3v) is 2.34. The van der Waals surface area contributed by atoms with Crippen LogP contribution in [0.3, 0.4) is 0 Å². The molecule has 94 valence electrons. The second kappa shape index (κ2) is 8.10. The lowest BCUT2D eigenvalue weighted by atomic mass is 10.1. The Morgan fingerprint density at radius 1 is 1.38 bits per heavy atom. The SMILES string of the molecule is CCCNC(=O)CN(C)C(=O)CC(N)CC. The van der Waals surface area contributed by atoms with Crippen LogP contribution in [0.25, 0.3) is 0 Å². The Labute approximate surface area is 97.4 Å². The molecule has 0 radical (unpaired) electrons. The molecule has 0 aromatic rings. The molecule has 0 aromatic carbocycles. The van der Waals surface area contributed by atoms with Gasteiger partial charge in [-0.3, -0.25) is 9.59 Å². The molecule has 0 saturated carbocycles. The van der Waals surface area contributed by atoms with Gasteiger partial charge in [-0.1, -0.05) is 13.8 Å². The van der Waals surface area contributed by atoms with Crippen LogP contribution >= 0.6 is 0 Å². The van der Waals surface area contributed by atoms with Gasteiger partial charge in [0.05, 0.1) is 6.54 Å². The van der Waals surface area contributed by atoms with Crippen LogP contribution in [0.2, 0.25) is 0 Å². The van der Waals surface area contributed by atoms with Crippen molar-refractivity contribution >= 4 is 11.8 Å². The summed E-state index contributed by atoms with van der Waals surface area (Å²) in [5, 5.41) is 2.72. The van der Waals surface area contributed by atoms with E-state index in [1.165, 1.54) is 4.90 Å². The molecule has 5 heteroatoms. The number of rotatable bonds is 7. The molecule has 0 rings (SSSR count). The van der Waals surface area contributed by atoms with Crippen molar-refractivity contribution in [1.29, 1.82) is 0 Å². The average molecular weight is 229 g/mol. The minimum Gasteiger partial charge on any atom is -0.355 e. The third kappa shape index (κ3) is 6.40. The maximum absolute atomic E-state index is 11.6. The summed E-state index contributed by atoms with van der Waals surface area (Å²) in [6.45, 7) is 4.67. The van der Waals surface area contributed by atoms with Crippen LogP contribution in [0.15, 0.2) is 0 Å². The monoisotopic (exact) mass is 229 g/mol. The molecule has 1 unspecified atom stereocenters. The zero-order valence-electron chi connectivity index (χ0n) is 10.5. The highest BCUT2D eigenvalue weighted by Gasteiger charge is 2.14. The summed E-state index contributed by atoms with van der Waals surface area (Å²) in [4.78, 5) is 24.3. The van der Waals surface area contributed by atoms with Crippen LogP contribution < -0.4 is 11.1 Å². The highest BCUT2D eigenvalue weighted by atomic mass is 16.2. The topological polar surface area (TPSA) is 75.4 Å². The van der Waals surface area contributed by atoms with E-state index in [2.05, 4.69) is 5.32 Å². The zero-order chi connectivity index (χ0) is 12.6. The van der Waals surface area contributed by atoms with Crippen molar-refractivity contribution in [1.82, 2.24) is 10.2 Å². The minimum absolute atomic E-state index is 0.0824. The number of likely N-dealkylation sites (N-methyl/N-ethyl adjacent to an activating group) is 1. The molecule has 0 bridgehead atoms. The summed E-state index contributed by atoms with van der Waals surface area (Å²) in [7, 11) is 1.62. The number of hydrogen-bond donors (Lipinski definition) is 2. The van der Waals surface area contributed by atoms with E-state index in [-0.39, 0.29) is 24.4 Å². The summed E-state index contributed by atoms with van der Waals surface area (Å²) >= 11 is 0. The quantitative estimate of drug-likeness (QED) is 0.650. The van der Waals surface area contributed by atoms with Crippen molar-refractivity contribution in [3.63, 3.8) is 0 Å². The molecular formula is C11H23N3O2. The van der Waals surface area contributed by atoms with E-state index in [9.17, 15) is 9.59 Å². The molecule has 0 saturated heterocycles. The van der Waals surface area contributed by atoms with Gasteiger partial charge in [0.1, 0.15) is 0 Å². The Bertz CT molecular complexity index is 231. The van der Waals surface area contributed by atoms with E-state index < -0.39 is 0 Å². The van der Waals surface area contributed by atoms with Gasteiger partial charge in [0.25, 0.3) is 0 Å². The Kier molecular flexibility index (Phi) is 7.54. The Morgan fingerprint density at radius 3 is 2.50 bits per heavy atom. The van der Waals surface area contributed by atoms with Crippen LogP contribution in [0.4, 0.5) is 0 Å². The lowest BCUT2D eigenvalue weighted by Gasteiger charge is -2.18. The fraction of sp³-hybridized carbons (Fsp3) is 0.818. The molecule has 0 aliphatic carbocycles. The second-order valence-electron chi connectivity index (χ2n) is 3.97. The largest absolute Gasteiger partial charge is 0.355 e. The van der Waals surface area contributed by atoms with Gasteiger partial charge in [-0.25, -0.2) is 0 Å². The van der Waals surface area contributed by atoms with Crippen molar-refractivity contribution in [2.45, 2.75) is 39.2 Å². The number of nitrogens with two attached hydrogens (primary N) is 1. The van der Waals surface area contributed by atoms with Crippen molar-refractivity contribution < 1.29 is 9.59 Å². The molecule has 0 spiro atoms. The van der Waals surface area contributed by atoms with Gasteiger partial charge in [0, 0.05) is 26.1 Å². The molecule has 3 N–H and O–H groups in total. The van der Waals surface area contributed by atoms with Crippen LogP contribution in [0, 0.1) is 0 Å². The van der Waals surface area contributed by atoms with E-state index in [1.54, 1.807) is 7.05 Å². The zero-order valence-corrected chi connectivity index (χ0v) is 10.5. The van der Waals surface area contributed by atoms with E-state index in [0.717, 1.165) is 12.8 Å². The van der Waals surface area contributed by atoms with Crippen molar-refractivity contribution in [2.75, 3.05) is 20.1 Å². The predicted octanol–water partition coefficient (Wildman–Crippen LogP) is 0.0984. The standard InChI is InChI=1S/C11H23N3O2/c1-4-6-13-10(15)8-14(3)11(16)7-9(12)5-2/h9H,4-8,12H2,1-3H3,(H,13,15). The van der Waals surface area contributed by atoms with E-state index in [1.807, 2.05) is 13.8 Å². The van der Waals surface area contributed by atoms with Crippen LogP contribution in [0.5, 0.6) is 0 Å². The van der Waals surface area contributed by atoms with Crippen LogP contribution in [0.1, 0.15) is 33.1 Å². The molecule has 0 heterocycles. The van der Waals surface area contributed by atoms with E-state index in [4.69, 9.17) is 5.73 Å². The van der Waals surface area contributed by atoms with Crippen molar-refractivity contribution in [3.05, 3.63) is 0 Å². The van der Waals surface area contributed by atoms with Gasteiger partial charge < -0.3 is 16.0 Å². The molecule has 0 fully saturated rings. The van der Waals surface area contributed by atoms with Gasteiger partial charge >= 0.3 is 0 Å². The predicted molar refractivity (Wildman–Crippen MR) is 63.8 cm³/mol. The lowest BCUT2D eigenvalue weighted by Crippen LogP contribution is -2.40.